The van der Waals surface area contributed by atoms with Gasteiger partial charge in [0.2, 0.25) is 0 Å². The molecule has 2 rings (SSSR count). The lowest BCUT2D eigenvalue weighted by molar-refractivity contribution is 0.161. The highest BCUT2D eigenvalue weighted by molar-refractivity contribution is 5.52. The number of hydrogen-bond acceptors (Lipinski definition) is 3. The first-order valence-corrected chi connectivity index (χ1v) is 5.43. The Morgan fingerprint density at radius 3 is 3.12 bits per heavy atom. The van der Waals surface area contributed by atoms with Gasteiger partial charge in [-0.1, -0.05) is 0 Å². The van der Waals surface area contributed by atoms with Crippen molar-refractivity contribution in [1.82, 2.24) is 0 Å². The summed E-state index contributed by atoms with van der Waals surface area (Å²) in [6.07, 6.45) is 1.00. The van der Waals surface area contributed by atoms with E-state index in [1.807, 2.05) is 4.90 Å². The van der Waals surface area contributed by atoms with Gasteiger partial charge in [-0.25, -0.2) is 4.39 Å². The number of phenolic OH excluding ortho intramolecular Hbond substituents is 1. The molecule has 16 heavy (non-hydrogen) atoms. The van der Waals surface area contributed by atoms with Crippen LogP contribution in [0.4, 0.5) is 10.1 Å². The van der Waals surface area contributed by atoms with Gasteiger partial charge in [-0.2, -0.15) is 0 Å². The van der Waals surface area contributed by atoms with Crippen molar-refractivity contribution in [2.75, 3.05) is 31.7 Å². The molecular formula is C12H16FNO2. The molecule has 4 heteroatoms. The second kappa shape index (κ2) is 4.70. The number of halogens is 1. The highest BCUT2D eigenvalue weighted by Gasteiger charge is 2.24. The molecule has 1 aliphatic heterocycles. The third kappa shape index (κ3) is 2.27. The molecule has 3 nitrogen and oxygen atoms in total. The second-order valence-electron chi connectivity index (χ2n) is 4.19. The number of nitrogens with zero attached hydrogens (tertiary/aromatic N) is 1. The van der Waals surface area contributed by atoms with Crippen molar-refractivity contribution in [3.8, 4) is 5.75 Å². The normalized spacial score (nSPS) is 20.4. The molecule has 88 valence electrons. The van der Waals surface area contributed by atoms with E-state index in [2.05, 4.69) is 0 Å². The molecule has 1 atom stereocenters. The zero-order valence-electron chi connectivity index (χ0n) is 9.32. The summed E-state index contributed by atoms with van der Waals surface area (Å²) in [6, 6.07) is 4.14. The van der Waals surface area contributed by atoms with Crippen LogP contribution in [0.1, 0.15) is 6.42 Å². The zero-order chi connectivity index (χ0) is 11.5. The molecule has 1 saturated heterocycles. The summed E-state index contributed by atoms with van der Waals surface area (Å²) in [4.78, 5) is 1.96. The van der Waals surface area contributed by atoms with E-state index in [-0.39, 0.29) is 11.6 Å². The fourth-order valence-electron chi connectivity index (χ4n) is 2.17. The Morgan fingerprint density at radius 1 is 1.56 bits per heavy atom. The topological polar surface area (TPSA) is 32.7 Å². The summed E-state index contributed by atoms with van der Waals surface area (Å²) in [7, 11) is 1.68. The third-order valence-electron chi connectivity index (χ3n) is 2.96. The number of anilines is 1. The molecule has 0 saturated carbocycles. The quantitative estimate of drug-likeness (QED) is 0.854. The fraction of sp³-hybridized carbons (Fsp3) is 0.500. The van der Waals surface area contributed by atoms with Crippen LogP contribution in [0.15, 0.2) is 18.2 Å². The standard InChI is InChI=1S/C12H16FNO2/c1-16-8-9-4-5-14(7-9)12-6-10(15)2-3-11(12)13/h2-3,6,9,15H,4-5,7-8H2,1H3. The molecule has 0 aromatic heterocycles. The van der Waals surface area contributed by atoms with Crippen molar-refractivity contribution in [2.24, 2.45) is 5.92 Å². The summed E-state index contributed by atoms with van der Waals surface area (Å²) in [6.45, 7) is 2.31. The Morgan fingerprint density at radius 2 is 2.38 bits per heavy atom. The molecule has 1 aromatic carbocycles. The van der Waals surface area contributed by atoms with Crippen LogP contribution in [0, 0.1) is 11.7 Å². The van der Waals surface area contributed by atoms with Crippen molar-refractivity contribution < 1.29 is 14.2 Å². The minimum absolute atomic E-state index is 0.103. The maximum absolute atomic E-state index is 13.6. The summed E-state index contributed by atoms with van der Waals surface area (Å²) >= 11 is 0. The minimum atomic E-state index is -0.282. The van der Waals surface area contributed by atoms with Gasteiger partial charge in [-0.15, -0.1) is 0 Å². The first kappa shape index (κ1) is 11.2. The van der Waals surface area contributed by atoms with Crippen LogP contribution in [0.25, 0.3) is 0 Å². The summed E-state index contributed by atoms with van der Waals surface area (Å²) in [5.41, 5.74) is 0.485. The zero-order valence-corrected chi connectivity index (χ0v) is 9.32. The monoisotopic (exact) mass is 225 g/mol. The van der Waals surface area contributed by atoms with Crippen molar-refractivity contribution >= 4 is 5.69 Å². The molecular weight excluding hydrogens is 209 g/mol. The van der Waals surface area contributed by atoms with Crippen molar-refractivity contribution in [2.45, 2.75) is 6.42 Å². The number of methoxy groups -OCH3 is 1. The van der Waals surface area contributed by atoms with E-state index in [4.69, 9.17) is 4.74 Å². The fourth-order valence-corrected chi connectivity index (χ4v) is 2.17. The van der Waals surface area contributed by atoms with E-state index in [0.717, 1.165) is 19.5 Å². The second-order valence-corrected chi connectivity index (χ2v) is 4.19. The molecule has 1 aromatic rings. The maximum Gasteiger partial charge on any atom is 0.146 e. The molecule has 1 aliphatic rings. The van der Waals surface area contributed by atoms with Crippen molar-refractivity contribution in [3.63, 3.8) is 0 Å². The molecule has 1 fully saturated rings. The lowest BCUT2D eigenvalue weighted by Crippen LogP contribution is -2.21. The minimum Gasteiger partial charge on any atom is -0.508 e. The predicted molar refractivity (Wildman–Crippen MR) is 60.3 cm³/mol. The summed E-state index contributed by atoms with van der Waals surface area (Å²) < 4.78 is 18.6. The number of hydrogen-bond donors (Lipinski definition) is 1. The third-order valence-corrected chi connectivity index (χ3v) is 2.96. The number of aromatic hydroxyl groups is 1. The maximum atomic E-state index is 13.6. The predicted octanol–water partition coefficient (Wildman–Crippen LogP) is 2.00. The molecule has 1 unspecified atom stereocenters. The van der Waals surface area contributed by atoms with Gasteiger partial charge in [0, 0.05) is 32.2 Å². The Kier molecular flexibility index (Phi) is 3.29. The molecule has 0 spiro atoms. The van der Waals surface area contributed by atoms with E-state index in [1.165, 1.54) is 18.2 Å². The van der Waals surface area contributed by atoms with Crippen LogP contribution in [0.2, 0.25) is 0 Å². The SMILES string of the molecule is COCC1CCN(c2cc(O)ccc2F)C1. The Bertz CT molecular complexity index is 370. The van der Waals surface area contributed by atoms with Gasteiger partial charge in [0.1, 0.15) is 11.6 Å². The van der Waals surface area contributed by atoms with E-state index < -0.39 is 0 Å². The number of benzene rings is 1. The van der Waals surface area contributed by atoms with E-state index in [1.54, 1.807) is 7.11 Å². The number of rotatable bonds is 3. The smallest absolute Gasteiger partial charge is 0.146 e. The van der Waals surface area contributed by atoms with Gasteiger partial charge in [0.15, 0.2) is 0 Å². The van der Waals surface area contributed by atoms with Crippen LogP contribution in [-0.4, -0.2) is 31.9 Å². The van der Waals surface area contributed by atoms with Crippen LogP contribution in [0.3, 0.4) is 0 Å². The lowest BCUT2D eigenvalue weighted by Gasteiger charge is -2.19. The molecule has 0 aliphatic carbocycles. The highest BCUT2D eigenvalue weighted by Crippen LogP contribution is 2.29. The van der Waals surface area contributed by atoms with Crippen molar-refractivity contribution in [1.29, 1.82) is 0 Å². The van der Waals surface area contributed by atoms with Crippen LogP contribution < -0.4 is 4.90 Å². The Labute approximate surface area is 94.4 Å². The molecule has 1 N–H and O–H groups in total. The highest BCUT2D eigenvalue weighted by atomic mass is 19.1. The average molecular weight is 225 g/mol. The largest absolute Gasteiger partial charge is 0.508 e. The van der Waals surface area contributed by atoms with Gasteiger partial charge in [-0.3, -0.25) is 0 Å². The number of ether oxygens (including phenoxy) is 1. The van der Waals surface area contributed by atoms with Crippen molar-refractivity contribution in [3.05, 3.63) is 24.0 Å². The van der Waals surface area contributed by atoms with Gasteiger partial charge in [0.25, 0.3) is 0 Å². The van der Waals surface area contributed by atoms with Crippen LogP contribution >= 0.6 is 0 Å². The lowest BCUT2D eigenvalue weighted by atomic mass is 10.1. The van der Waals surface area contributed by atoms with Gasteiger partial charge < -0.3 is 14.7 Å². The van der Waals surface area contributed by atoms with E-state index in [9.17, 15) is 9.50 Å². The molecule has 0 amide bonds. The first-order chi connectivity index (χ1) is 7.70. The van der Waals surface area contributed by atoms with Gasteiger partial charge >= 0.3 is 0 Å². The Hall–Kier alpha value is -1.29. The Balaban J connectivity index is 2.11. The van der Waals surface area contributed by atoms with E-state index in [0.29, 0.717) is 18.2 Å². The van der Waals surface area contributed by atoms with E-state index >= 15 is 0 Å². The average Bonchev–Trinajstić information content (AvgIpc) is 2.71. The first-order valence-electron chi connectivity index (χ1n) is 5.43. The van der Waals surface area contributed by atoms with Gasteiger partial charge in [0.05, 0.1) is 12.3 Å². The molecule has 0 radical (unpaired) electrons. The molecule has 1 heterocycles. The number of phenols is 1. The van der Waals surface area contributed by atoms with Gasteiger partial charge in [-0.05, 0) is 18.6 Å². The summed E-state index contributed by atoms with van der Waals surface area (Å²) in [5, 5.41) is 9.35. The van der Waals surface area contributed by atoms with Crippen LogP contribution in [-0.2, 0) is 4.74 Å². The molecule has 0 bridgehead atoms. The van der Waals surface area contributed by atoms with Crippen LogP contribution in [0.5, 0.6) is 5.75 Å². The summed E-state index contributed by atoms with van der Waals surface area (Å²) in [5.74, 6) is 0.272.